The van der Waals surface area contributed by atoms with E-state index in [1.165, 1.54) is 0 Å². The van der Waals surface area contributed by atoms with Crippen molar-refractivity contribution in [2.45, 2.75) is 22.7 Å². The van der Waals surface area contributed by atoms with Crippen molar-refractivity contribution in [1.29, 1.82) is 0 Å². The van der Waals surface area contributed by atoms with Gasteiger partial charge >= 0.3 is 12.4 Å². The molecule has 0 aromatic rings. The minimum atomic E-state index is -5.63. The molecule has 0 aliphatic rings. The van der Waals surface area contributed by atoms with Gasteiger partial charge in [0, 0.05) is 0 Å². The van der Waals surface area contributed by atoms with Gasteiger partial charge in [0.05, 0.1) is 1.37 Å². The van der Waals surface area contributed by atoms with Crippen LogP contribution in [0, 0.1) is 0 Å². The highest BCUT2D eigenvalue weighted by atomic mass is 35.6. The SMILES string of the molecule is OC(C(F)(F)F)C(F)(F)F.[2H]C(Cl)(Cl)Cl. The minimum absolute atomic E-state index is 1.83. The molecule has 10 heteroatoms. The molecule has 0 unspecified atom stereocenters. The maximum atomic E-state index is 11.0. The minimum Gasteiger partial charge on any atom is -0.377 e. The molecule has 1 N–H and O–H groups in total. The van der Waals surface area contributed by atoms with E-state index in [1.807, 2.05) is 0 Å². The van der Waals surface area contributed by atoms with E-state index in [-0.39, 0.29) is 0 Å². The lowest BCUT2D eigenvalue weighted by Crippen LogP contribution is -2.41. The third kappa shape index (κ3) is 10.5. The Labute approximate surface area is 90.9 Å². The van der Waals surface area contributed by atoms with Gasteiger partial charge < -0.3 is 5.11 Å². The largest absolute Gasteiger partial charge is 0.423 e. The summed E-state index contributed by atoms with van der Waals surface area (Å²) in [7, 11) is 0. The van der Waals surface area contributed by atoms with Crippen LogP contribution in [0.3, 0.4) is 0 Å². The lowest BCUT2D eigenvalue weighted by atomic mass is 10.3. The van der Waals surface area contributed by atoms with Crippen molar-refractivity contribution in [2.75, 3.05) is 0 Å². The zero-order valence-electron chi connectivity index (χ0n) is 6.93. The average molecular weight is 288 g/mol. The standard InChI is InChI=1S/C3H2F6O.CHCl3/c4-2(5,6)1(10)3(7,8)9;2-1(3)4/h1,10H;1H/i;1D. The number of aliphatic hydroxyl groups excluding tert-OH is 1. The van der Waals surface area contributed by atoms with Crippen LogP contribution in [-0.2, 0) is 0 Å². The van der Waals surface area contributed by atoms with Gasteiger partial charge in [-0.05, 0) is 0 Å². The summed E-state index contributed by atoms with van der Waals surface area (Å²) in [5.41, 5.74) is 0. The maximum absolute atomic E-state index is 11.0. The van der Waals surface area contributed by atoms with Crippen molar-refractivity contribution < 1.29 is 32.8 Å². The summed E-state index contributed by atoms with van der Waals surface area (Å²) in [6, 6.07) is 0. The molecule has 0 heterocycles. The van der Waals surface area contributed by atoms with Crippen molar-refractivity contribution >= 4 is 34.8 Å². The second-order valence-corrected chi connectivity index (χ2v) is 3.41. The molecule has 0 aromatic carbocycles. The summed E-state index contributed by atoms with van der Waals surface area (Å²) in [5, 5.41) is 7.47. The molecule has 0 radical (unpaired) electrons. The first kappa shape index (κ1) is 14.4. The summed E-state index contributed by atoms with van der Waals surface area (Å²) in [6.45, 7) is 0. The molecule has 0 aliphatic heterocycles. The Balaban J connectivity index is 0. The molecule has 0 saturated carbocycles. The Kier molecular flexibility index (Phi) is 6.27. The van der Waals surface area contributed by atoms with E-state index in [1.54, 1.807) is 0 Å². The molecule has 0 fully saturated rings. The Morgan fingerprint density at radius 3 is 1.07 bits per heavy atom. The molecule has 88 valence electrons. The molecule has 0 aromatic heterocycles. The Bertz CT molecular complexity index is 166. The highest BCUT2D eigenvalue weighted by molar-refractivity contribution is 6.63. The van der Waals surface area contributed by atoms with E-state index < -0.39 is 22.7 Å². The van der Waals surface area contributed by atoms with Crippen molar-refractivity contribution in [1.82, 2.24) is 0 Å². The lowest BCUT2D eigenvalue weighted by molar-refractivity contribution is -0.308. The van der Waals surface area contributed by atoms with Crippen LogP contribution in [0.15, 0.2) is 0 Å². The van der Waals surface area contributed by atoms with Crippen LogP contribution < -0.4 is 0 Å². The van der Waals surface area contributed by atoms with Gasteiger partial charge in [-0.2, -0.15) is 26.3 Å². The van der Waals surface area contributed by atoms with Gasteiger partial charge in [0.2, 0.25) is 6.10 Å². The van der Waals surface area contributed by atoms with Crippen LogP contribution in [-0.4, -0.2) is 27.8 Å². The van der Waals surface area contributed by atoms with Crippen LogP contribution in [0.2, 0.25) is 0 Å². The van der Waals surface area contributed by atoms with Gasteiger partial charge in [-0.3, -0.25) is 0 Å². The summed E-state index contributed by atoms with van der Waals surface area (Å²) < 4.78 is 70.3. The molecule has 1 nitrogen and oxygen atoms in total. The van der Waals surface area contributed by atoms with Gasteiger partial charge in [-0.15, -0.1) is 0 Å². The normalized spacial score (nSPS) is 14.6. The lowest BCUT2D eigenvalue weighted by Gasteiger charge is -2.16. The first-order valence-corrected chi connectivity index (χ1v) is 3.67. The predicted octanol–water partition coefficient (Wildman–Crippen LogP) is 3.46. The highest BCUT2D eigenvalue weighted by Crippen LogP contribution is 2.32. The number of alkyl halides is 9. The Hall–Kier alpha value is 0.410. The second kappa shape index (κ2) is 6.09. The fraction of sp³-hybridized carbons (Fsp3) is 1.00. The monoisotopic (exact) mass is 287 g/mol. The topological polar surface area (TPSA) is 20.2 Å². The number of halogens is 9. The number of hydrogen-bond acceptors (Lipinski definition) is 1. The van der Waals surface area contributed by atoms with Crippen molar-refractivity contribution in [2.24, 2.45) is 0 Å². The Morgan fingerprint density at radius 2 is 1.07 bits per heavy atom. The number of hydrogen-bond donors (Lipinski definition) is 1. The number of rotatable bonds is 0. The van der Waals surface area contributed by atoms with Crippen LogP contribution in [0.25, 0.3) is 0 Å². The van der Waals surface area contributed by atoms with E-state index in [0.29, 0.717) is 0 Å². The summed E-state index contributed by atoms with van der Waals surface area (Å²) in [4.78, 5) is 0. The fourth-order valence-corrected chi connectivity index (χ4v) is 0.186. The van der Waals surface area contributed by atoms with Crippen molar-refractivity contribution in [3.8, 4) is 0 Å². The van der Waals surface area contributed by atoms with Gasteiger partial charge in [0.15, 0.2) is 4.27 Å². The fourth-order valence-electron chi connectivity index (χ4n) is 0.186. The van der Waals surface area contributed by atoms with E-state index in [4.69, 9.17) is 41.3 Å². The molecule has 0 aliphatic carbocycles. The van der Waals surface area contributed by atoms with Gasteiger partial charge in [0.25, 0.3) is 0 Å². The molecule has 0 bridgehead atoms. The van der Waals surface area contributed by atoms with E-state index in [2.05, 4.69) is 0 Å². The van der Waals surface area contributed by atoms with Crippen molar-refractivity contribution in [3.05, 3.63) is 0 Å². The van der Waals surface area contributed by atoms with E-state index in [9.17, 15) is 26.3 Å². The van der Waals surface area contributed by atoms with Crippen LogP contribution in [0.4, 0.5) is 26.3 Å². The molecule has 0 saturated heterocycles. The molecular weight excluding hydrogens is 284 g/mol. The predicted molar refractivity (Wildman–Crippen MR) is 39.5 cm³/mol. The number of aliphatic hydroxyl groups is 1. The third-order valence-corrected chi connectivity index (χ3v) is 0.620. The Morgan fingerprint density at radius 1 is 0.929 bits per heavy atom. The smallest absolute Gasteiger partial charge is 0.377 e. The molecule has 14 heavy (non-hydrogen) atoms. The van der Waals surface area contributed by atoms with Crippen LogP contribution in [0.5, 0.6) is 0 Å². The van der Waals surface area contributed by atoms with Gasteiger partial charge in [0.1, 0.15) is 0 Å². The molecule has 0 amide bonds. The average Bonchev–Trinajstić information content (AvgIpc) is 1.77. The summed E-state index contributed by atoms with van der Waals surface area (Å²) in [6.07, 6.45) is -15.5. The summed E-state index contributed by atoms with van der Waals surface area (Å²) in [5.74, 6) is 0. The van der Waals surface area contributed by atoms with Crippen molar-refractivity contribution in [3.63, 3.8) is 0 Å². The molecule has 0 rings (SSSR count). The summed E-state index contributed by atoms with van der Waals surface area (Å²) >= 11 is 14.2. The van der Waals surface area contributed by atoms with Crippen LogP contribution >= 0.6 is 34.8 Å². The molecular formula is C4H3Cl3F6O. The molecule has 0 spiro atoms. The maximum Gasteiger partial charge on any atom is 0.423 e. The van der Waals surface area contributed by atoms with Gasteiger partial charge in [-0.1, -0.05) is 34.8 Å². The third-order valence-electron chi connectivity index (χ3n) is 0.620. The second-order valence-electron chi connectivity index (χ2n) is 1.70. The van der Waals surface area contributed by atoms with Gasteiger partial charge in [-0.25, -0.2) is 0 Å². The molecule has 0 atom stereocenters. The van der Waals surface area contributed by atoms with Crippen LogP contribution in [0.1, 0.15) is 1.37 Å². The first-order chi connectivity index (χ1) is 6.15. The van der Waals surface area contributed by atoms with E-state index >= 15 is 0 Å². The quantitative estimate of drug-likeness (QED) is 0.534. The first-order valence-electron chi connectivity index (χ1n) is 3.04. The highest BCUT2D eigenvalue weighted by Gasteiger charge is 2.55. The van der Waals surface area contributed by atoms with E-state index in [0.717, 1.165) is 0 Å². The zero-order chi connectivity index (χ0) is 13.1. The zero-order valence-corrected chi connectivity index (χ0v) is 8.19.